The topological polar surface area (TPSA) is 81.4 Å². The number of ether oxygens (including phenoxy) is 1. The monoisotopic (exact) mass is 468 g/mol. The van der Waals surface area contributed by atoms with Crippen LogP contribution < -0.4 is 9.46 Å². The second kappa shape index (κ2) is 9.46. The van der Waals surface area contributed by atoms with Crippen LogP contribution >= 0.6 is 11.6 Å². The van der Waals surface area contributed by atoms with Crippen LogP contribution in [0.2, 0.25) is 5.02 Å². The standard InChI is InChI=1S/C24H21ClN2O4S/c1-17-23(26-24(31-17)18-6-3-2-4-7-18)14-15-30-21-10-12-22(13-11-21)32(28,29)27-20-9-5-8-19(25)16-20/h2-13,16,27H,14-15H2,1H3. The minimum Gasteiger partial charge on any atom is -0.493 e. The van der Waals surface area contributed by atoms with E-state index in [1.807, 2.05) is 37.3 Å². The molecule has 0 bridgehead atoms. The molecule has 4 aromatic rings. The number of sulfonamides is 1. The lowest BCUT2D eigenvalue weighted by molar-refractivity contribution is 0.319. The third-order valence-electron chi connectivity index (χ3n) is 4.73. The molecule has 0 aliphatic rings. The zero-order chi connectivity index (χ0) is 22.6. The first-order valence-electron chi connectivity index (χ1n) is 9.94. The number of nitrogens with one attached hydrogen (secondary N) is 1. The maximum atomic E-state index is 12.6. The number of oxazole rings is 1. The summed E-state index contributed by atoms with van der Waals surface area (Å²) in [6.45, 7) is 2.26. The molecule has 0 aliphatic heterocycles. The molecule has 1 heterocycles. The fourth-order valence-corrected chi connectivity index (χ4v) is 4.35. The van der Waals surface area contributed by atoms with Crippen LogP contribution in [0.3, 0.4) is 0 Å². The lowest BCUT2D eigenvalue weighted by atomic mass is 10.2. The largest absolute Gasteiger partial charge is 0.493 e. The Balaban J connectivity index is 1.36. The number of nitrogens with zero attached hydrogens (tertiary/aromatic N) is 1. The fourth-order valence-electron chi connectivity index (χ4n) is 3.11. The van der Waals surface area contributed by atoms with Crippen LogP contribution in [-0.2, 0) is 16.4 Å². The Morgan fingerprint density at radius 3 is 2.47 bits per heavy atom. The van der Waals surface area contributed by atoms with Crippen LogP contribution in [0.15, 0.2) is 88.2 Å². The molecule has 0 unspecified atom stereocenters. The van der Waals surface area contributed by atoms with E-state index in [2.05, 4.69) is 9.71 Å². The van der Waals surface area contributed by atoms with Gasteiger partial charge in [0.2, 0.25) is 5.89 Å². The Kier molecular flexibility index (Phi) is 6.48. The molecule has 0 amide bonds. The van der Waals surface area contributed by atoms with Crippen molar-refractivity contribution in [1.82, 2.24) is 4.98 Å². The second-order valence-corrected chi connectivity index (χ2v) is 9.19. The van der Waals surface area contributed by atoms with E-state index in [-0.39, 0.29) is 4.90 Å². The molecule has 0 radical (unpaired) electrons. The van der Waals surface area contributed by atoms with E-state index in [1.165, 1.54) is 12.1 Å². The molecule has 4 rings (SSSR count). The lowest BCUT2D eigenvalue weighted by Crippen LogP contribution is -2.12. The van der Waals surface area contributed by atoms with E-state index in [4.69, 9.17) is 20.8 Å². The van der Waals surface area contributed by atoms with Crippen molar-refractivity contribution in [2.24, 2.45) is 0 Å². The zero-order valence-electron chi connectivity index (χ0n) is 17.3. The Labute approximate surface area is 191 Å². The van der Waals surface area contributed by atoms with Crippen LogP contribution in [0, 0.1) is 6.92 Å². The number of anilines is 1. The van der Waals surface area contributed by atoms with Gasteiger partial charge < -0.3 is 9.15 Å². The SMILES string of the molecule is Cc1oc(-c2ccccc2)nc1CCOc1ccc(S(=O)(=O)Nc2cccc(Cl)c2)cc1. The highest BCUT2D eigenvalue weighted by molar-refractivity contribution is 7.92. The molecule has 6 nitrogen and oxygen atoms in total. The molecular weight excluding hydrogens is 448 g/mol. The molecule has 164 valence electrons. The number of benzene rings is 3. The van der Waals surface area contributed by atoms with Crippen LogP contribution in [0.25, 0.3) is 11.5 Å². The molecule has 1 N–H and O–H groups in total. The summed E-state index contributed by atoms with van der Waals surface area (Å²) in [7, 11) is -3.73. The van der Waals surface area contributed by atoms with Crippen molar-refractivity contribution in [3.05, 3.63) is 95.3 Å². The van der Waals surface area contributed by atoms with Crippen molar-refractivity contribution >= 4 is 27.3 Å². The van der Waals surface area contributed by atoms with Crippen molar-refractivity contribution < 1.29 is 17.6 Å². The Morgan fingerprint density at radius 2 is 1.75 bits per heavy atom. The smallest absolute Gasteiger partial charge is 0.261 e. The summed E-state index contributed by atoms with van der Waals surface area (Å²) in [4.78, 5) is 4.69. The predicted octanol–water partition coefficient (Wildman–Crippen LogP) is 5.73. The van der Waals surface area contributed by atoms with Gasteiger partial charge in [0.25, 0.3) is 10.0 Å². The van der Waals surface area contributed by atoms with Gasteiger partial charge >= 0.3 is 0 Å². The molecule has 0 saturated carbocycles. The van der Waals surface area contributed by atoms with E-state index < -0.39 is 10.0 Å². The van der Waals surface area contributed by atoms with E-state index in [0.29, 0.717) is 35.4 Å². The molecular formula is C24H21ClN2O4S. The first kappa shape index (κ1) is 21.9. The number of aryl methyl sites for hydroxylation is 1. The van der Waals surface area contributed by atoms with Gasteiger partial charge in [0.15, 0.2) is 0 Å². The summed E-state index contributed by atoms with van der Waals surface area (Å²) < 4.78 is 39.2. The van der Waals surface area contributed by atoms with Gasteiger partial charge in [0, 0.05) is 17.0 Å². The average Bonchev–Trinajstić information content (AvgIpc) is 3.15. The van der Waals surface area contributed by atoms with Crippen molar-refractivity contribution in [2.75, 3.05) is 11.3 Å². The van der Waals surface area contributed by atoms with Crippen LogP contribution in [0.5, 0.6) is 5.75 Å². The van der Waals surface area contributed by atoms with E-state index in [1.54, 1.807) is 36.4 Å². The molecule has 32 heavy (non-hydrogen) atoms. The fraction of sp³-hybridized carbons (Fsp3) is 0.125. The van der Waals surface area contributed by atoms with Gasteiger partial charge in [-0.15, -0.1) is 0 Å². The van der Waals surface area contributed by atoms with Crippen LogP contribution in [-0.4, -0.2) is 20.0 Å². The van der Waals surface area contributed by atoms with Crippen LogP contribution in [0.4, 0.5) is 5.69 Å². The number of rotatable bonds is 8. The Bertz CT molecular complexity index is 1300. The maximum absolute atomic E-state index is 12.6. The molecule has 1 aromatic heterocycles. The van der Waals surface area contributed by atoms with Gasteiger partial charge in [-0.05, 0) is 61.5 Å². The molecule has 8 heteroatoms. The Hall–Kier alpha value is -3.29. The van der Waals surface area contributed by atoms with E-state index in [0.717, 1.165) is 17.0 Å². The summed E-state index contributed by atoms with van der Waals surface area (Å²) >= 11 is 5.91. The molecule has 0 spiro atoms. The van der Waals surface area contributed by atoms with Gasteiger partial charge in [-0.25, -0.2) is 13.4 Å². The highest BCUT2D eigenvalue weighted by Gasteiger charge is 2.15. The van der Waals surface area contributed by atoms with E-state index >= 15 is 0 Å². The van der Waals surface area contributed by atoms with Gasteiger partial charge in [0.1, 0.15) is 11.5 Å². The molecule has 0 atom stereocenters. The van der Waals surface area contributed by atoms with Crippen molar-refractivity contribution in [3.63, 3.8) is 0 Å². The number of halogens is 1. The van der Waals surface area contributed by atoms with Gasteiger partial charge in [-0.1, -0.05) is 35.9 Å². The maximum Gasteiger partial charge on any atom is 0.261 e. The minimum atomic E-state index is -3.73. The highest BCUT2D eigenvalue weighted by Crippen LogP contribution is 2.23. The van der Waals surface area contributed by atoms with Gasteiger partial charge in [-0.2, -0.15) is 0 Å². The van der Waals surface area contributed by atoms with Crippen molar-refractivity contribution in [2.45, 2.75) is 18.2 Å². The summed E-state index contributed by atoms with van der Waals surface area (Å²) in [6, 6.07) is 22.5. The first-order valence-corrected chi connectivity index (χ1v) is 11.8. The summed E-state index contributed by atoms with van der Waals surface area (Å²) in [5.41, 5.74) is 2.15. The summed E-state index contributed by atoms with van der Waals surface area (Å²) in [6.07, 6.45) is 0.568. The normalized spacial score (nSPS) is 11.3. The third-order valence-corrected chi connectivity index (χ3v) is 6.36. The van der Waals surface area contributed by atoms with Crippen molar-refractivity contribution in [1.29, 1.82) is 0 Å². The molecule has 3 aromatic carbocycles. The predicted molar refractivity (Wildman–Crippen MR) is 125 cm³/mol. The van der Waals surface area contributed by atoms with Crippen LogP contribution in [0.1, 0.15) is 11.5 Å². The number of hydrogen-bond acceptors (Lipinski definition) is 5. The Morgan fingerprint density at radius 1 is 1.00 bits per heavy atom. The minimum absolute atomic E-state index is 0.129. The van der Waals surface area contributed by atoms with Crippen molar-refractivity contribution in [3.8, 4) is 17.2 Å². The zero-order valence-corrected chi connectivity index (χ0v) is 18.9. The molecule has 0 fully saturated rings. The number of hydrogen-bond donors (Lipinski definition) is 1. The highest BCUT2D eigenvalue weighted by atomic mass is 35.5. The third kappa shape index (κ3) is 5.30. The molecule has 0 aliphatic carbocycles. The van der Waals surface area contributed by atoms with E-state index in [9.17, 15) is 8.42 Å². The second-order valence-electron chi connectivity index (χ2n) is 7.07. The summed E-state index contributed by atoms with van der Waals surface area (Å²) in [5, 5.41) is 0.451. The lowest BCUT2D eigenvalue weighted by Gasteiger charge is -2.10. The quantitative estimate of drug-likeness (QED) is 0.357. The summed E-state index contributed by atoms with van der Waals surface area (Å²) in [5.74, 6) is 1.90. The van der Waals surface area contributed by atoms with Gasteiger partial charge in [-0.3, -0.25) is 4.72 Å². The number of aromatic nitrogens is 1. The first-order chi connectivity index (χ1) is 15.4. The average molecular weight is 469 g/mol. The molecule has 0 saturated heterocycles. The van der Waals surface area contributed by atoms with Gasteiger partial charge in [0.05, 0.1) is 22.9 Å².